The highest BCUT2D eigenvalue weighted by atomic mass is 19.1. The van der Waals surface area contributed by atoms with Crippen molar-refractivity contribution in [1.29, 1.82) is 0 Å². The minimum Gasteiger partial charge on any atom is -0.329 e. The van der Waals surface area contributed by atoms with Crippen LogP contribution in [0.3, 0.4) is 0 Å². The summed E-state index contributed by atoms with van der Waals surface area (Å²) in [4.78, 5) is 16.7. The van der Waals surface area contributed by atoms with E-state index in [1.807, 2.05) is 16.7 Å². The van der Waals surface area contributed by atoms with Gasteiger partial charge >= 0.3 is 0 Å². The number of rotatable bonds is 1. The van der Waals surface area contributed by atoms with Crippen LogP contribution in [0, 0.1) is 5.82 Å². The van der Waals surface area contributed by atoms with E-state index < -0.39 is 6.04 Å². The van der Waals surface area contributed by atoms with E-state index in [2.05, 4.69) is 16.9 Å². The Balaban J connectivity index is 2.05. The number of carbonyl (C=O) groups excluding carboxylic acids is 1. The van der Waals surface area contributed by atoms with Gasteiger partial charge in [0.15, 0.2) is 0 Å². The van der Waals surface area contributed by atoms with E-state index in [9.17, 15) is 9.18 Å². The van der Waals surface area contributed by atoms with Crippen molar-refractivity contribution in [1.82, 2.24) is 14.9 Å². The van der Waals surface area contributed by atoms with Crippen LogP contribution >= 0.6 is 0 Å². The van der Waals surface area contributed by atoms with Crippen LogP contribution in [0.4, 0.5) is 4.39 Å². The van der Waals surface area contributed by atoms with Gasteiger partial charge in [-0.25, -0.2) is 9.37 Å². The molecular formula is C17H14FN3O. The molecule has 22 heavy (non-hydrogen) atoms. The quantitative estimate of drug-likeness (QED) is 0.749. The predicted octanol–water partition coefficient (Wildman–Crippen LogP) is 3.29. The number of hydrogen-bond acceptors (Lipinski definition) is 2. The Labute approximate surface area is 126 Å². The summed E-state index contributed by atoms with van der Waals surface area (Å²) in [5.41, 5.74) is 2.05. The summed E-state index contributed by atoms with van der Waals surface area (Å²) >= 11 is 0. The van der Waals surface area contributed by atoms with E-state index in [1.165, 1.54) is 6.07 Å². The van der Waals surface area contributed by atoms with Gasteiger partial charge in [-0.2, -0.15) is 0 Å². The number of halogens is 1. The SMILES string of the molecule is C=C1CCC(n2c3cccc(F)c3c3cccnc32)C(=O)N1. The maximum atomic E-state index is 14.3. The molecule has 3 aromatic rings. The van der Waals surface area contributed by atoms with Gasteiger partial charge in [0.1, 0.15) is 17.5 Å². The average Bonchev–Trinajstić information content (AvgIpc) is 2.83. The smallest absolute Gasteiger partial charge is 0.247 e. The number of nitrogens with one attached hydrogen (secondary N) is 1. The highest BCUT2D eigenvalue weighted by Gasteiger charge is 2.29. The number of carbonyl (C=O) groups is 1. The molecule has 0 spiro atoms. The second-order valence-corrected chi connectivity index (χ2v) is 5.53. The summed E-state index contributed by atoms with van der Waals surface area (Å²) in [7, 11) is 0. The monoisotopic (exact) mass is 295 g/mol. The van der Waals surface area contributed by atoms with E-state index in [1.54, 1.807) is 18.3 Å². The molecule has 1 aromatic carbocycles. The zero-order chi connectivity index (χ0) is 15.3. The van der Waals surface area contributed by atoms with Gasteiger partial charge in [-0.3, -0.25) is 4.79 Å². The number of fused-ring (bicyclic) bond motifs is 3. The van der Waals surface area contributed by atoms with E-state index >= 15 is 0 Å². The molecular weight excluding hydrogens is 281 g/mol. The maximum Gasteiger partial charge on any atom is 0.247 e. The first-order valence-corrected chi connectivity index (χ1v) is 7.18. The fourth-order valence-electron chi connectivity index (χ4n) is 3.20. The normalized spacial score (nSPS) is 18.9. The van der Waals surface area contributed by atoms with Gasteiger partial charge < -0.3 is 9.88 Å². The molecule has 1 atom stereocenters. The first-order chi connectivity index (χ1) is 10.7. The Morgan fingerprint density at radius 1 is 1.32 bits per heavy atom. The van der Waals surface area contributed by atoms with E-state index in [-0.39, 0.29) is 11.7 Å². The predicted molar refractivity (Wildman–Crippen MR) is 82.8 cm³/mol. The highest BCUT2D eigenvalue weighted by Crippen LogP contribution is 2.35. The van der Waals surface area contributed by atoms with Crippen LogP contribution in [0.2, 0.25) is 0 Å². The van der Waals surface area contributed by atoms with Crippen LogP contribution < -0.4 is 5.32 Å². The Kier molecular flexibility index (Phi) is 2.76. The molecule has 4 rings (SSSR count). The minimum atomic E-state index is -0.401. The van der Waals surface area contributed by atoms with Crippen LogP contribution in [0.5, 0.6) is 0 Å². The Bertz CT molecular complexity index is 928. The van der Waals surface area contributed by atoms with Crippen LogP contribution in [-0.2, 0) is 4.79 Å². The topological polar surface area (TPSA) is 46.9 Å². The van der Waals surface area contributed by atoms with Crippen molar-refractivity contribution in [2.24, 2.45) is 0 Å². The summed E-state index contributed by atoms with van der Waals surface area (Å²) in [5, 5.41) is 4.03. The van der Waals surface area contributed by atoms with Crippen LogP contribution in [-0.4, -0.2) is 15.5 Å². The molecule has 0 radical (unpaired) electrons. The maximum absolute atomic E-state index is 14.3. The Hall–Kier alpha value is -2.69. The van der Waals surface area contributed by atoms with Crippen molar-refractivity contribution in [3.05, 3.63) is 54.6 Å². The molecule has 3 heterocycles. The van der Waals surface area contributed by atoms with Crippen LogP contribution in [0.1, 0.15) is 18.9 Å². The zero-order valence-corrected chi connectivity index (χ0v) is 11.8. The Morgan fingerprint density at radius 3 is 3.00 bits per heavy atom. The summed E-state index contributed by atoms with van der Waals surface area (Å²) in [6.45, 7) is 3.80. The summed E-state index contributed by atoms with van der Waals surface area (Å²) in [6, 6.07) is 8.14. The molecule has 2 aromatic heterocycles. The van der Waals surface area contributed by atoms with Gasteiger partial charge in [0, 0.05) is 22.7 Å². The number of amides is 1. The third-order valence-corrected chi connectivity index (χ3v) is 4.17. The number of nitrogens with zero attached hydrogens (tertiary/aromatic N) is 2. The third-order valence-electron chi connectivity index (χ3n) is 4.17. The van der Waals surface area contributed by atoms with Crippen molar-refractivity contribution in [3.63, 3.8) is 0 Å². The van der Waals surface area contributed by atoms with Crippen molar-refractivity contribution >= 4 is 27.8 Å². The second-order valence-electron chi connectivity index (χ2n) is 5.53. The van der Waals surface area contributed by atoms with E-state index in [0.717, 1.165) is 11.1 Å². The van der Waals surface area contributed by atoms with Gasteiger partial charge in [-0.1, -0.05) is 12.6 Å². The molecule has 0 saturated carbocycles. The van der Waals surface area contributed by atoms with Crippen molar-refractivity contribution in [2.75, 3.05) is 0 Å². The molecule has 1 amide bonds. The molecule has 1 aliphatic heterocycles. The molecule has 1 aliphatic rings. The third kappa shape index (κ3) is 1.75. The van der Waals surface area contributed by atoms with Gasteiger partial charge in [0.2, 0.25) is 5.91 Å². The number of piperidine rings is 1. The lowest BCUT2D eigenvalue weighted by Gasteiger charge is -2.25. The van der Waals surface area contributed by atoms with Crippen molar-refractivity contribution < 1.29 is 9.18 Å². The molecule has 1 unspecified atom stereocenters. The number of hydrogen-bond donors (Lipinski definition) is 1. The first kappa shape index (κ1) is 13.0. The second kappa shape index (κ2) is 4.66. The fraction of sp³-hybridized carbons (Fsp3) is 0.176. The lowest BCUT2D eigenvalue weighted by Crippen LogP contribution is -2.36. The first-order valence-electron chi connectivity index (χ1n) is 7.18. The number of benzene rings is 1. The lowest BCUT2D eigenvalue weighted by molar-refractivity contribution is -0.124. The largest absolute Gasteiger partial charge is 0.329 e. The molecule has 1 fully saturated rings. The van der Waals surface area contributed by atoms with Crippen molar-refractivity contribution in [2.45, 2.75) is 18.9 Å². The standard InChI is InChI=1S/C17H14FN3O/c1-10-7-8-14(17(22)20-10)21-13-6-2-5-12(18)15(13)11-4-3-9-19-16(11)21/h2-6,9,14H,1,7-8H2,(H,20,22). The van der Waals surface area contributed by atoms with Gasteiger partial charge in [0.05, 0.1) is 5.52 Å². The van der Waals surface area contributed by atoms with E-state index in [4.69, 9.17) is 0 Å². The lowest BCUT2D eigenvalue weighted by atomic mass is 10.0. The van der Waals surface area contributed by atoms with E-state index in [0.29, 0.717) is 29.4 Å². The molecule has 4 nitrogen and oxygen atoms in total. The molecule has 1 saturated heterocycles. The molecule has 5 heteroatoms. The average molecular weight is 295 g/mol. The van der Waals surface area contributed by atoms with Crippen molar-refractivity contribution in [3.8, 4) is 0 Å². The van der Waals surface area contributed by atoms with Crippen LogP contribution in [0.15, 0.2) is 48.8 Å². The van der Waals surface area contributed by atoms with Gasteiger partial charge in [0.25, 0.3) is 0 Å². The number of allylic oxidation sites excluding steroid dienone is 1. The number of pyridine rings is 1. The summed E-state index contributed by atoms with van der Waals surface area (Å²) in [6.07, 6.45) is 3.01. The summed E-state index contributed by atoms with van der Waals surface area (Å²) in [5.74, 6) is -0.417. The molecule has 1 N–H and O–H groups in total. The molecule has 110 valence electrons. The fourth-order valence-corrected chi connectivity index (χ4v) is 3.20. The highest BCUT2D eigenvalue weighted by molar-refractivity contribution is 6.08. The Morgan fingerprint density at radius 2 is 2.18 bits per heavy atom. The van der Waals surface area contributed by atoms with Gasteiger partial charge in [-0.15, -0.1) is 0 Å². The summed E-state index contributed by atoms with van der Waals surface area (Å²) < 4.78 is 16.1. The molecule has 0 bridgehead atoms. The number of aromatic nitrogens is 2. The van der Waals surface area contributed by atoms with Crippen LogP contribution in [0.25, 0.3) is 21.9 Å². The zero-order valence-electron chi connectivity index (χ0n) is 11.8. The molecule has 0 aliphatic carbocycles. The van der Waals surface area contributed by atoms with Gasteiger partial charge in [-0.05, 0) is 37.1 Å². The minimum absolute atomic E-state index is 0.120.